The van der Waals surface area contributed by atoms with Crippen molar-refractivity contribution in [2.24, 2.45) is 0 Å². The number of nitrogens with one attached hydrogen (secondary N) is 1. The second kappa shape index (κ2) is 8.26. The number of amides is 2. The van der Waals surface area contributed by atoms with Crippen LogP contribution in [0.2, 0.25) is 0 Å². The van der Waals surface area contributed by atoms with Crippen molar-refractivity contribution < 1.29 is 23.1 Å². The fourth-order valence-corrected chi connectivity index (χ4v) is 3.53. The van der Waals surface area contributed by atoms with Crippen LogP contribution in [0.1, 0.15) is 16.7 Å². The van der Waals surface area contributed by atoms with E-state index in [1.165, 1.54) is 7.11 Å². The fraction of sp³-hybridized carbons (Fsp3) is 0.120. The van der Waals surface area contributed by atoms with Crippen LogP contribution < -0.4 is 15.0 Å². The minimum Gasteiger partial charge on any atom is -0.497 e. The first-order valence-electron chi connectivity index (χ1n) is 9.87. The maximum absolute atomic E-state index is 14.5. The third-order valence-electron chi connectivity index (χ3n) is 5.37. The average molecular weight is 434 g/mol. The molecule has 1 aliphatic heterocycles. The second-order valence-electron chi connectivity index (χ2n) is 7.45. The molecule has 3 aromatic rings. The summed E-state index contributed by atoms with van der Waals surface area (Å²) >= 11 is 0. The van der Waals surface area contributed by atoms with Crippen LogP contribution >= 0.6 is 0 Å². The topological polar surface area (TPSA) is 58.6 Å². The molecule has 0 spiro atoms. The molecule has 2 amide bonds. The number of aryl methyl sites for hydroxylation is 2. The van der Waals surface area contributed by atoms with Gasteiger partial charge in [-0.3, -0.25) is 9.59 Å². The summed E-state index contributed by atoms with van der Waals surface area (Å²) in [5, 5.41) is 2.98. The SMILES string of the molecule is COc1cccc(NC2=C(c3ccc(C)c(C)c3)C(=O)N(c3cc(F)ccc3F)C2=O)c1. The number of methoxy groups -OCH3 is 1. The van der Waals surface area contributed by atoms with Crippen molar-refractivity contribution in [3.05, 3.63) is 94.7 Å². The molecule has 0 aromatic heterocycles. The molecule has 0 aliphatic carbocycles. The first-order valence-corrected chi connectivity index (χ1v) is 9.87. The number of anilines is 2. The van der Waals surface area contributed by atoms with Crippen LogP contribution in [-0.4, -0.2) is 18.9 Å². The maximum atomic E-state index is 14.5. The number of carbonyl (C=O) groups is 2. The van der Waals surface area contributed by atoms with Gasteiger partial charge in [0.1, 0.15) is 23.1 Å². The standard InChI is InChI=1S/C25H20F2N2O3/c1-14-7-8-16(11-15(14)2)22-23(28-18-5-4-6-19(13-18)32-3)25(31)29(24(22)30)21-12-17(26)9-10-20(21)27/h4-13,28H,1-3H3. The smallest absolute Gasteiger partial charge is 0.282 e. The quantitative estimate of drug-likeness (QED) is 0.575. The molecule has 162 valence electrons. The molecule has 0 bridgehead atoms. The van der Waals surface area contributed by atoms with Gasteiger partial charge in [-0.25, -0.2) is 13.7 Å². The molecule has 0 unspecified atom stereocenters. The molecule has 1 heterocycles. The van der Waals surface area contributed by atoms with Crippen LogP contribution in [0, 0.1) is 25.5 Å². The number of hydrogen-bond acceptors (Lipinski definition) is 4. The van der Waals surface area contributed by atoms with Crippen molar-refractivity contribution in [3.8, 4) is 5.75 Å². The molecular formula is C25H20F2N2O3. The van der Waals surface area contributed by atoms with Gasteiger partial charge in [0, 0.05) is 17.8 Å². The van der Waals surface area contributed by atoms with Crippen molar-refractivity contribution in [1.29, 1.82) is 0 Å². The Bertz CT molecular complexity index is 1280. The molecule has 0 saturated heterocycles. The molecule has 32 heavy (non-hydrogen) atoms. The number of rotatable bonds is 5. The number of benzene rings is 3. The lowest BCUT2D eigenvalue weighted by atomic mass is 9.99. The molecule has 0 atom stereocenters. The highest BCUT2D eigenvalue weighted by Gasteiger charge is 2.41. The first-order chi connectivity index (χ1) is 15.3. The highest BCUT2D eigenvalue weighted by molar-refractivity contribution is 6.46. The van der Waals surface area contributed by atoms with Gasteiger partial charge in [0.25, 0.3) is 11.8 Å². The van der Waals surface area contributed by atoms with E-state index < -0.39 is 29.1 Å². The van der Waals surface area contributed by atoms with Gasteiger partial charge in [0.15, 0.2) is 0 Å². The zero-order chi connectivity index (χ0) is 23.0. The van der Waals surface area contributed by atoms with Crippen LogP contribution in [0.15, 0.2) is 66.4 Å². The highest BCUT2D eigenvalue weighted by atomic mass is 19.1. The normalized spacial score (nSPS) is 13.7. The van der Waals surface area contributed by atoms with E-state index in [2.05, 4.69) is 5.32 Å². The summed E-state index contributed by atoms with van der Waals surface area (Å²) in [4.78, 5) is 27.4. The number of carbonyl (C=O) groups excluding carboxylic acids is 2. The molecule has 7 heteroatoms. The predicted octanol–water partition coefficient (Wildman–Crippen LogP) is 4.99. The largest absolute Gasteiger partial charge is 0.497 e. The molecule has 1 aliphatic rings. The zero-order valence-corrected chi connectivity index (χ0v) is 17.7. The van der Waals surface area contributed by atoms with Crippen molar-refractivity contribution in [3.63, 3.8) is 0 Å². The van der Waals surface area contributed by atoms with Gasteiger partial charge in [-0.05, 0) is 54.8 Å². The Hall–Kier alpha value is -4.00. The average Bonchev–Trinajstić information content (AvgIpc) is 3.01. The highest BCUT2D eigenvalue weighted by Crippen LogP contribution is 2.36. The minimum absolute atomic E-state index is 0.0323. The van der Waals surface area contributed by atoms with E-state index in [1.54, 1.807) is 36.4 Å². The van der Waals surface area contributed by atoms with Crippen LogP contribution in [0.5, 0.6) is 5.75 Å². The third kappa shape index (κ3) is 3.73. The van der Waals surface area contributed by atoms with E-state index in [-0.39, 0.29) is 11.3 Å². The van der Waals surface area contributed by atoms with Gasteiger partial charge in [-0.2, -0.15) is 0 Å². The van der Waals surface area contributed by atoms with Crippen molar-refractivity contribution in [2.75, 3.05) is 17.3 Å². The predicted molar refractivity (Wildman–Crippen MR) is 118 cm³/mol. The minimum atomic E-state index is -0.879. The lowest BCUT2D eigenvalue weighted by Gasteiger charge is -2.16. The number of hydrogen-bond donors (Lipinski definition) is 1. The summed E-state index contributed by atoms with van der Waals surface area (Å²) in [6.45, 7) is 3.82. The van der Waals surface area contributed by atoms with E-state index in [9.17, 15) is 18.4 Å². The molecule has 4 rings (SSSR count). The van der Waals surface area contributed by atoms with E-state index in [1.807, 2.05) is 19.9 Å². The lowest BCUT2D eigenvalue weighted by molar-refractivity contribution is -0.120. The lowest BCUT2D eigenvalue weighted by Crippen LogP contribution is -2.33. The third-order valence-corrected chi connectivity index (χ3v) is 5.37. The Labute approximate surface area is 183 Å². The van der Waals surface area contributed by atoms with Crippen molar-refractivity contribution >= 4 is 28.8 Å². The van der Waals surface area contributed by atoms with E-state index >= 15 is 0 Å². The summed E-state index contributed by atoms with van der Waals surface area (Å²) in [5.74, 6) is -2.61. The number of nitrogens with zero attached hydrogens (tertiary/aromatic N) is 1. The van der Waals surface area contributed by atoms with Crippen molar-refractivity contribution in [1.82, 2.24) is 0 Å². The summed E-state index contributed by atoms with van der Waals surface area (Å²) in [6, 6.07) is 14.8. The van der Waals surface area contributed by atoms with Crippen LogP contribution in [-0.2, 0) is 9.59 Å². The molecule has 0 fully saturated rings. The monoisotopic (exact) mass is 434 g/mol. The summed E-state index contributed by atoms with van der Waals surface area (Å²) in [7, 11) is 1.51. The van der Waals surface area contributed by atoms with E-state index in [0.29, 0.717) is 21.9 Å². The van der Waals surface area contributed by atoms with Gasteiger partial charge >= 0.3 is 0 Å². The van der Waals surface area contributed by atoms with Gasteiger partial charge in [-0.15, -0.1) is 0 Å². The Morgan fingerprint density at radius 1 is 0.875 bits per heavy atom. The van der Waals surface area contributed by atoms with Crippen LogP contribution in [0.4, 0.5) is 20.2 Å². The molecular weight excluding hydrogens is 414 g/mol. The molecule has 3 aromatic carbocycles. The molecule has 0 radical (unpaired) electrons. The van der Waals surface area contributed by atoms with Crippen molar-refractivity contribution in [2.45, 2.75) is 13.8 Å². The maximum Gasteiger partial charge on any atom is 0.282 e. The van der Waals surface area contributed by atoms with Gasteiger partial charge in [0.2, 0.25) is 0 Å². The number of imide groups is 1. The molecule has 1 N–H and O–H groups in total. The Balaban J connectivity index is 1.87. The summed E-state index contributed by atoms with van der Waals surface area (Å²) < 4.78 is 33.6. The van der Waals surface area contributed by atoms with Gasteiger partial charge < -0.3 is 10.1 Å². The Morgan fingerprint density at radius 2 is 1.66 bits per heavy atom. The fourth-order valence-electron chi connectivity index (χ4n) is 3.53. The van der Waals surface area contributed by atoms with E-state index in [0.717, 1.165) is 29.3 Å². The zero-order valence-electron chi connectivity index (χ0n) is 17.7. The molecule has 0 saturated carbocycles. The second-order valence-corrected chi connectivity index (χ2v) is 7.45. The molecule has 5 nitrogen and oxygen atoms in total. The summed E-state index contributed by atoms with van der Waals surface area (Å²) in [6.07, 6.45) is 0. The van der Waals surface area contributed by atoms with Crippen LogP contribution in [0.25, 0.3) is 5.57 Å². The first kappa shape index (κ1) is 21.2. The Morgan fingerprint density at radius 3 is 2.38 bits per heavy atom. The van der Waals surface area contributed by atoms with Crippen LogP contribution in [0.3, 0.4) is 0 Å². The Kier molecular flexibility index (Phi) is 5.48. The van der Waals surface area contributed by atoms with Gasteiger partial charge in [-0.1, -0.05) is 24.3 Å². The summed E-state index contributed by atoms with van der Waals surface area (Å²) in [5.41, 5.74) is 2.54. The van der Waals surface area contributed by atoms with Gasteiger partial charge in [0.05, 0.1) is 18.4 Å². The number of halogens is 2. The van der Waals surface area contributed by atoms with E-state index in [4.69, 9.17) is 4.74 Å². The number of ether oxygens (including phenoxy) is 1.